The fourth-order valence-corrected chi connectivity index (χ4v) is 6.78. The Hall–Kier alpha value is -4.09. The van der Waals surface area contributed by atoms with Gasteiger partial charge in [-0.25, -0.2) is 13.2 Å². The lowest BCUT2D eigenvalue weighted by molar-refractivity contribution is -0.134. The van der Waals surface area contributed by atoms with E-state index in [9.17, 15) is 18.0 Å². The van der Waals surface area contributed by atoms with E-state index in [0.717, 1.165) is 15.9 Å². The molecule has 2 N–H and O–H groups in total. The zero-order valence-electron chi connectivity index (χ0n) is 18.2. The van der Waals surface area contributed by atoms with Crippen LogP contribution in [0.1, 0.15) is 17.4 Å². The Balaban J connectivity index is 1.93. The number of furan rings is 2. The van der Waals surface area contributed by atoms with Crippen LogP contribution in [-0.4, -0.2) is 26.1 Å². The van der Waals surface area contributed by atoms with E-state index in [1.807, 2.05) is 0 Å². The maximum atomic E-state index is 13.9. The van der Waals surface area contributed by atoms with Gasteiger partial charge in [0.25, 0.3) is 5.56 Å². The number of carbonyl (C=O) groups excluding carboxylic acids is 1. The first kappa shape index (κ1) is 22.7. The topological polar surface area (TPSA) is 135 Å². The number of methoxy groups -OCH3 is 1. The summed E-state index contributed by atoms with van der Waals surface area (Å²) in [5.41, 5.74) is 5.75. The molecule has 1 aromatic carbocycles. The van der Waals surface area contributed by atoms with Crippen molar-refractivity contribution in [3.63, 3.8) is 0 Å². The van der Waals surface area contributed by atoms with Gasteiger partial charge in [-0.05, 0) is 36.4 Å². The lowest BCUT2D eigenvalue weighted by Gasteiger charge is -2.26. The molecule has 0 unspecified atom stereocenters. The number of nitrogens with zero attached hydrogens (tertiary/aromatic N) is 1. The van der Waals surface area contributed by atoms with Gasteiger partial charge in [0.05, 0.1) is 40.6 Å². The number of sulfone groups is 1. The predicted molar refractivity (Wildman–Crippen MR) is 128 cm³/mol. The van der Waals surface area contributed by atoms with Crippen LogP contribution in [0.4, 0.5) is 0 Å². The zero-order valence-corrected chi connectivity index (χ0v) is 19.8. The molecule has 0 bridgehead atoms. The number of aromatic nitrogens is 1. The Labute approximate surface area is 202 Å². The molecular formula is C24H18N2O7S2. The third-order valence-electron chi connectivity index (χ3n) is 5.49. The summed E-state index contributed by atoms with van der Waals surface area (Å²) in [7, 11) is -3.10. The molecule has 11 heteroatoms. The summed E-state index contributed by atoms with van der Waals surface area (Å²) in [6, 6.07) is 14.1. The van der Waals surface area contributed by atoms with Crippen molar-refractivity contribution in [1.82, 2.24) is 4.57 Å². The van der Waals surface area contributed by atoms with Gasteiger partial charge in [-0.15, -0.1) is 11.3 Å². The van der Waals surface area contributed by atoms with E-state index in [0.29, 0.717) is 5.76 Å². The van der Waals surface area contributed by atoms with Crippen LogP contribution >= 0.6 is 11.3 Å². The monoisotopic (exact) mass is 510 g/mol. The first-order valence-corrected chi connectivity index (χ1v) is 12.6. The first-order valence-electron chi connectivity index (χ1n) is 10.3. The van der Waals surface area contributed by atoms with Crippen LogP contribution in [-0.2, 0) is 19.4 Å². The fourth-order valence-electron chi connectivity index (χ4n) is 3.96. The van der Waals surface area contributed by atoms with Gasteiger partial charge in [-0.1, -0.05) is 18.2 Å². The van der Waals surface area contributed by atoms with Crippen LogP contribution in [0.3, 0.4) is 0 Å². The molecule has 178 valence electrons. The van der Waals surface area contributed by atoms with Crippen LogP contribution in [0.2, 0.25) is 0 Å². The van der Waals surface area contributed by atoms with Gasteiger partial charge in [0, 0.05) is 6.08 Å². The second-order valence-corrected chi connectivity index (χ2v) is 10.4. The van der Waals surface area contributed by atoms with Gasteiger partial charge in [0.1, 0.15) is 26.9 Å². The summed E-state index contributed by atoms with van der Waals surface area (Å²) in [5, 5.41) is 0. The molecule has 0 fully saturated rings. The Bertz CT molecular complexity index is 1730. The number of hydrogen-bond acceptors (Lipinski definition) is 9. The number of esters is 1. The highest BCUT2D eigenvalue weighted by molar-refractivity contribution is 7.95. The lowest BCUT2D eigenvalue weighted by Crippen LogP contribution is -2.41. The molecule has 5 rings (SSSR count). The third-order valence-corrected chi connectivity index (χ3v) is 8.52. The molecular weight excluding hydrogens is 492 g/mol. The highest BCUT2D eigenvalue weighted by Crippen LogP contribution is 2.42. The van der Waals surface area contributed by atoms with Crippen LogP contribution in [0.15, 0.2) is 90.6 Å². The van der Waals surface area contributed by atoms with E-state index < -0.39 is 27.3 Å². The first-order chi connectivity index (χ1) is 16.8. The van der Waals surface area contributed by atoms with Crippen LogP contribution in [0.25, 0.3) is 17.5 Å². The summed E-state index contributed by atoms with van der Waals surface area (Å²) in [6.07, 6.45) is 4.31. The summed E-state index contributed by atoms with van der Waals surface area (Å²) >= 11 is 0.972. The van der Waals surface area contributed by atoms with Crippen molar-refractivity contribution in [3.8, 4) is 0 Å². The highest BCUT2D eigenvalue weighted by atomic mass is 32.2. The van der Waals surface area contributed by atoms with Crippen molar-refractivity contribution in [2.24, 2.45) is 5.73 Å². The average Bonchev–Trinajstić information content (AvgIpc) is 3.62. The van der Waals surface area contributed by atoms with Crippen molar-refractivity contribution in [2.45, 2.75) is 10.8 Å². The molecule has 3 aromatic heterocycles. The van der Waals surface area contributed by atoms with Gasteiger partial charge in [0.15, 0.2) is 0 Å². The maximum Gasteiger partial charge on any atom is 0.337 e. The molecule has 1 atom stereocenters. The molecule has 1 aliphatic rings. The minimum absolute atomic E-state index is 0.0483. The van der Waals surface area contributed by atoms with E-state index in [1.165, 1.54) is 37.8 Å². The minimum atomic E-state index is -4.28. The number of rotatable bonds is 5. The number of ether oxygens (including phenoxy) is 1. The Morgan fingerprint density at radius 1 is 1.09 bits per heavy atom. The maximum absolute atomic E-state index is 13.9. The van der Waals surface area contributed by atoms with E-state index in [4.69, 9.17) is 19.3 Å². The van der Waals surface area contributed by atoms with E-state index in [2.05, 4.69) is 0 Å². The van der Waals surface area contributed by atoms with Gasteiger partial charge >= 0.3 is 5.97 Å². The molecule has 0 aliphatic carbocycles. The average molecular weight is 511 g/mol. The number of allylic oxidation sites excluding steroid dienone is 1. The SMILES string of the molecule is COC(=O)C1=c2s/c(=C\c3ccco3)c(=O)n2C(N)=C(S(=O)(=O)c2ccccc2)[C@H]1c1ccco1. The smallest absolute Gasteiger partial charge is 0.337 e. The quantitative estimate of drug-likeness (QED) is 0.400. The second-order valence-electron chi connectivity index (χ2n) is 7.49. The summed E-state index contributed by atoms with van der Waals surface area (Å²) in [5.74, 6) is -1.82. The highest BCUT2D eigenvalue weighted by Gasteiger charge is 2.43. The number of carbonyl (C=O) groups is 1. The van der Waals surface area contributed by atoms with E-state index in [1.54, 1.807) is 42.5 Å². The molecule has 1 aliphatic heterocycles. The Morgan fingerprint density at radius 3 is 2.43 bits per heavy atom. The van der Waals surface area contributed by atoms with Crippen LogP contribution in [0, 0.1) is 0 Å². The normalized spacial score (nSPS) is 16.4. The molecule has 0 saturated carbocycles. The molecule has 4 heterocycles. The number of thiazole rings is 1. The van der Waals surface area contributed by atoms with Crippen molar-refractivity contribution >= 4 is 44.6 Å². The third kappa shape index (κ3) is 3.65. The Morgan fingerprint density at radius 2 is 1.80 bits per heavy atom. The van der Waals surface area contributed by atoms with E-state index in [-0.39, 0.29) is 36.2 Å². The Kier molecular flexibility index (Phi) is 5.58. The number of hydrogen-bond donors (Lipinski definition) is 1. The molecule has 0 saturated heterocycles. The fraction of sp³-hybridized carbons (Fsp3) is 0.0833. The molecule has 9 nitrogen and oxygen atoms in total. The van der Waals surface area contributed by atoms with Crippen molar-refractivity contribution in [1.29, 1.82) is 0 Å². The molecule has 35 heavy (non-hydrogen) atoms. The zero-order chi connectivity index (χ0) is 24.7. The predicted octanol–water partition coefficient (Wildman–Crippen LogP) is 1.60. The van der Waals surface area contributed by atoms with Crippen molar-refractivity contribution in [3.05, 3.63) is 103 Å². The second kappa shape index (κ2) is 8.60. The summed E-state index contributed by atoms with van der Waals surface area (Å²) < 4.78 is 45.0. The molecule has 0 radical (unpaired) electrons. The van der Waals surface area contributed by atoms with Crippen LogP contribution < -0.4 is 20.5 Å². The summed E-state index contributed by atoms with van der Waals surface area (Å²) in [6.45, 7) is 0. The largest absolute Gasteiger partial charge is 0.468 e. The summed E-state index contributed by atoms with van der Waals surface area (Å²) in [4.78, 5) is 26.1. The van der Waals surface area contributed by atoms with Crippen molar-refractivity contribution < 1.29 is 26.8 Å². The number of fused-ring (bicyclic) bond motifs is 1. The van der Waals surface area contributed by atoms with E-state index >= 15 is 0 Å². The number of benzene rings is 1. The molecule has 0 spiro atoms. The van der Waals surface area contributed by atoms with Gasteiger partial charge in [-0.3, -0.25) is 9.36 Å². The number of nitrogens with two attached hydrogens (primary N) is 1. The molecule has 4 aromatic rings. The standard InChI is InChI=1S/C24H18N2O7S2/c1-31-24(28)19-18(16-10-6-12-33-16)20(35(29,30)15-8-3-2-4-9-15)21(25)26-22(27)17(34-23(19)26)13-14-7-5-11-32-14/h2-13,18H,25H2,1H3/b17-13-/t18-/m0/s1. The van der Waals surface area contributed by atoms with Gasteiger partial charge in [-0.2, -0.15) is 0 Å². The van der Waals surface area contributed by atoms with Crippen molar-refractivity contribution in [2.75, 3.05) is 7.11 Å². The van der Waals surface area contributed by atoms with Gasteiger partial charge < -0.3 is 19.3 Å². The van der Waals surface area contributed by atoms with Crippen LogP contribution in [0.5, 0.6) is 0 Å². The molecule has 0 amide bonds. The minimum Gasteiger partial charge on any atom is -0.468 e. The van der Waals surface area contributed by atoms with Gasteiger partial charge in [0.2, 0.25) is 9.84 Å². The lowest BCUT2D eigenvalue weighted by atomic mass is 9.94.